The van der Waals surface area contributed by atoms with Crippen LogP contribution in [0.2, 0.25) is 0 Å². The number of carbonyl (C=O) groups is 3. The summed E-state index contributed by atoms with van der Waals surface area (Å²) in [6.07, 6.45) is 0.483. The Labute approximate surface area is 92.8 Å². The lowest BCUT2D eigenvalue weighted by Gasteiger charge is -2.19. The molecule has 5 nitrogen and oxygen atoms in total. The van der Waals surface area contributed by atoms with Crippen LogP contribution in [0, 0.1) is 5.92 Å². The second kappa shape index (κ2) is 4.92. The lowest BCUT2D eigenvalue weighted by Crippen LogP contribution is -2.31. The van der Waals surface area contributed by atoms with Gasteiger partial charge in [0.05, 0.1) is 11.5 Å². The summed E-state index contributed by atoms with van der Waals surface area (Å²) in [6, 6.07) is 0. The maximum atomic E-state index is 11.5. The van der Waals surface area contributed by atoms with Gasteiger partial charge in [-0.25, -0.2) is 0 Å². The molecule has 0 aliphatic heterocycles. The van der Waals surface area contributed by atoms with Gasteiger partial charge in [-0.15, -0.1) is 0 Å². The van der Waals surface area contributed by atoms with Crippen LogP contribution in [0.15, 0.2) is 11.3 Å². The van der Waals surface area contributed by atoms with Crippen LogP contribution in [-0.4, -0.2) is 27.7 Å². The highest BCUT2D eigenvalue weighted by molar-refractivity contribution is 6.23. The fourth-order valence-electron chi connectivity index (χ4n) is 1.74. The van der Waals surface area contributed by atoms with Gasteiger partial charge in [0.1, 0.15) is 5.76 Å². The van der Waals surface area contributed by atoms with Gasteiger partial charge >= 0.3 is 5.97 Å². The van der Waals surface area contributed by atoms with Crippen molar-refractivity contribution in [2.45, 2.75) is 32.6 Å². The van der Waals surface area contributed by atoms with Gasteiger partial charge in [-0.05, 0) is 6.42 Å². The van der Waals surface area contributed by atoms with Crippen molar-refractivity contribution >= 4 is 17.5 Å². The highest BCUT2D eigenvalue weighted by atomic mass is 16.4. The van der Waals surface area contributed by atoms with Gasteiger partial charge in [0.2, 0.25) is 0 Å². The summed E-state index contributed by atoms with van der Waals surface area (Å²) < 4.78 is 0. The number of ketones is 2. The van der Waals surface area contributed by atoms with E-state index >= 15 is 0 Å². The smallest absolute Gasteiger partial charge is 0.307 e. The molecule has 0 aromatic rings. The van der Waals surface area contributed by atoms with Crippen molar-refractivity contribution in [3.63, 3.8) is 0 Å². The topological polar surface area (TPSA) is 91.7 Å². The van der Waals surface area contributed by atoms with Crippen LogP contribution in [0.3, 0.4) is 0 Å². The summed E-state index contributed by atoms with van der Waals surface area (Å²) in [6.45, 7) is 1.81. The SMILES string of the molecule is CCCC(O)=C1C(=O)CC(C(=O)O)CC1=O. The van der Waals surface area contributed by atoms with Crippen molar-refractivity contribution in [1.82, 2.24) is 0 Å². The molecule has 0 bridgehead atoms. The van der Waals surface area contributed by atoms with Crippen molar-refractivity contribution in [3.8, 4) is 0 Å². The van der Waals surface area contributed by atoms with Crippen molar-refractivity contribution in [3.05, 3.63) is 11.3 Å². The van der Waals surface area contributed by atoms with Crippen molar-refractivity contribution in [1.29, 1.82) is 0 Å². The monoisotopic (exact) mass is 226 g/mol. The summed E-state index contributed by atoms with van der Waals surface area (Å²) in [5.74, 6) is -3.42. The molecule has 0 heterocycles. The van der Waals surface area contributed by atoms with Crippen molar-refractivity contribution < 1.29 is 24.6 Å². The zero-order valence-electron chi connectivity index (χ0n) is 9.02. The Bertz CT molecular complexity index is 347. The minimum Gasteiger partial charge on any atom is -0.511 e. The summed E-state index contributed by atoms with van der Waals surface area (Å²) in [4.78, 5) is 33.7. The van der Waals surface area contributed by atoms with Crippen molar-refractivity contribution in [2.24, 2.45) is 5.92 Å². The average molecular weight is 226 g/mol. The van der Waals surface area contributed by atoms with Gasteiger partial charge < -0.3 is 10.2 Å². The number of aliphatic carboxylic acids is 1. The van der Waals surface area contributed by atoms with E-state index in [0.29, 0.717) is 6.42 Å². The first-order chi connectivity index (χ1) is 7.47. The predicted molar refractivity (Wildman–Crippen MR) is 54.9 cm³/mol. The second-order valence-electron chi connectivity index (χ2n) is 3.86. The van der Waals surface area contributed by atoms with E-state index in [-0.39, 0.29) is 30.6 Å². The molecule has 0 radical (unpaired) electrons. The number of carbonyl (C=O) groups excluding carboxylic acids is 2. The van der Waals surface area contributed by atoms with Crippen LogP contribution in [0.4, 0.5) is 0 Å². The number of allylic oxidation sites excluding steroid dienone is 2. The van der Waals surface area contributed by atoms with E-state index < -0.39 is 23.5 Å². The molecule has 1 rings (SSSR count). The quantitative estimate of drug-likeness (QED) is 0.429. The Hall–Kier alpha value is -1.65. The highest BCUT2D eigenvalue weighted by Crippen LogP contribution is 2.25. The third-order valence-corrected chi connectivity index (χ3v) is 2.55. The molecule has 1 aliphatic rings. The van der Waals surface area contributed by atoms with Crippen LogP contribution < -0.4 is 0 Å². The first-order valence-electron chi connectivity index (χ1n) is 5.18. The van der Waals surface area contributed by atoms with E-state index in [1.165, 1.54) is 0 Å². The molecule has 0 aromatic carbocycles. The second-order valence-corrected chi connectivity index (χ2v) is 3.86. The number of rotatable bonds is 3. The highest BCUT2D eigenvalue weighted by Gasteiger charge is 2.36. The molecule has 1 saturated carbocycles. The Morgan fingerprint density at radius 2 is 1.75 bits per heavy atom. The fraction of sp³-hybridized carbons (Fsp3) is 0.545. The molecule has 5 heteroatoms. The lowest BCUT2D eigenvalue weighted by atomic mass is 9.83. The van der Waals surface area contributed by atoms with Gasteiger partial charge in [0.25, 0.3) is 0 Å². The van der Waals surface area contributed by atoms with Crippen LogP contribution >= 0.6 is 0 Å². The maximum Gasteiger partial charge on any atom is 0.307 e. The average Bonchev–Trinajstić information content (AvgIpc) is 2.16. The van der Waals surface area contributed by atoms with Gasteiger partial charge in [0, 0.05) is 19.3 Å². The molecule has 1 fully saturated rings. The summed E-state index contributed by atoms with van der Waals surface area (Å²) in [5, 5.41) is 18.2. The van der Waals surface area contributed by atoms with Gasteiger partial charge in [-0.3, -0.25) is 14.4 Å². The van der Waals surface area contributed by atoms with E-state index in [4.69, 9.17) is 5.11 Å². The standard InChI is InChI=1S/C11H14O5/c1-2-3-7(12)10-8(13)4-6(11(15)16)5-9(10)14/h6,12H,2-5H2,1H3,(H,15,16). The van der Waals surface area contributed by atoms with E-state index in [9.17, 15) is 19.5 Å². The number of hydrogen-bond acceptors (Lipinski definition) is 4. The molecule has 0 unspecified atom stereocenters. The van der Waals surface area contributed by atoms with E-state index in [2.05, 4.69) is 0 Å². The molecule has 88 valence electrons. The fourth-order valence-corrected chi connectivity index (χ4v) is 1.74. The summed E-state index contributed by atoms with van der Waals surface area (Å²) in [7, 11) is 0. The summed E-state index contributed by atoms with van der Waals surface area (Å²) in [5.41, 5.74) is -0.195. The minimum atomic E-state index is -1.14. The number of aliphatic hydroxyl groups excluding tert-OH is 1. The van der Waals surface area contributed by atoms with Crippen LogP contribution in [-0.2, 0) is 14.4 Å². The van der Waals surface area contributed by atoms with E-state index in [0.717, 1.165) is 0 Å². The molecular formula is C11H14O5. The van der Waals surface area contributed by atoms with Gasteiger partial charge in [-0.1, -0.05) is 6.92 Å². The first kappa shape index (κ1) is 12.4. The number of carboxylic acid groups (broad SMARTS) is 1. The molecule has 16 heavy (non-hydrogen) atoms. The molecular weight excluding hydrogens is 212 g/mol. The molecule has 0 amide bonds. The Morgan fingerprint density at radius 1 is 1.25 bits per heavy atom. The maximum absolute atomic E-state index is 11.5. The molecule has 0 spiro atoms. The third-order valence-electron chi connectivity index (χ3n) is 2.55. The normalized spacial score (nSPS) is 21.1. The Morgan fingerprint density at radius 3 is 2.12 bits per heavy atom. The molecule has 1 aliphatic carbocycles. The zero-order chi connectivity index (χ0) is 12.3. The Kier molecular flexibility index (Phi) is 3.82. The molecule has 0 aromatic heterocycles. The van der Waals surface area contributed by atoms with E-state index in [1.54, 1.807) is 0 Å². The van der Waals surface area contributed by atoms with Crippen LogP contribution in [0.25, 0.3) is 0 Å². The third kappa shape index (κ3) is 2.48. The zero-order valence-corrected chi connectivity index (χ0v) is 9.02. The summed E-state index contributed by atoms with van der Waals surface area (Å²) >= 11 is 0. The lowest BCUT2D eigenvalue weighted by molar-refractivity contribution is -0.146. The molecule has 0 saturated heterocycles. The minimum absolute atomic E-state index is 0.195. The Balaban J connectivity index is 2.93. The molecule has 2 N–H and O–H groups in total. The van der Waals surface area contributed by atoms with Gasteiger partial charge in [-0.2, -0.15) is 0 Å². The largest absolute Gasteiger partial charge is 0.511 e. The number of hydrogen-bond donors (Lipinski definition) is 2. The van der Waals surface area contributed by atoms with Crippen LogP contribution in [0.5, 0.6) is 0 Å². The van der Waals surface area contributed by atoms with Gasteiger partial charge in [0.15, 0.2) is 11.6 Å². The molecule has 0 atom stereocenters. The number of carboxylic acids is 1. The van der Waals surface area contributed by atoms with E-state index in [1.807, 2.05) is 6.92 Å². The number of Topliss-reactive ketones (excluding diaryl/α,β-unsaturated/α-hetero) is 2. The van der Waals surface area contributed by atoms with Crippen LogP contribution in [0.1, 0.15) is 32.6 Å². The van der Waals surface area contributed by atoms with Crippen molar-refractivity contribution in [2.75, 3.05) is 0 Å². The first-order valence-corrected chi connectivity index (χ1v) is 5.18. The number of aliphatic hydroxyl groups is 1. The predicted octanol–water partition coefficient (Wildman–Crippen LogP) is 1.23.